The van der Waals surface area contributed by atoms with Crippen molar-refractivity contribution in [3.8, 4) is 11.3 Å². The average Bonchev–Trinajstić information content (AvgIpc) is 3.52. The van der Waals surface area contributed by atoms with Crippen LogP contribution in [0.4, 0.5) is 11.5 Å². The molecule has 0 radical (unpaired) electrons. The van der Waals surface area contributed by atoms with Crippen molar-refractivity contribution in [2.45, 2.75) is 33.9 Å². The van der Waals surface area contributed by atoms with E-state index >= 15 is 0 Å². The highest BCUT2D eigenvalue weighted by Gasteiger charge is 2.14. The van der Waals surface area contributed by atoms with Gasteiger partial charge in [-0.05, 0) is 54.4 Å². The Labute approximate surface area is 217 Å². The summed E-state index contributed by atoms with van der Waals surface area (Å²) in [5.41, 5.74) is 14.4. The highest BCUT2D eigenvalue weighted by molar-refractivity contribution is 5.95. The van der Waals surface area contributed by atoms with Gasteiger partial charge in [-0.25, -0.2) is 9.97 Å². The Bertz CT molecular complexity index is 1620. The summed E-state index contributed by atoms with van der Waals surface area (Å²) in [5, 5.41) is 1.16. The third kappa shape index (κ3) is 5.19. The molecule has 0 aliphatic carbocycles. The number of benzene rings is 3. The monoisotopic (exact) mass is 488 g/mol. The van der Waals surface area contributed by atoms with Crippen LogP contribution in [0, 0.1) is 6.92 Å². The first-order chi connectivity index (χ1) is 18.1. The van der Waals surface area contributed by atoms with Gasteiger partial charge in [0.15, 0.2) is 5.65 Å². The van der Waals surface area contributed by atoms with E-state index in [-0.39, 0.29) is 0 Å². The fraction of sp³-hybridized carbons (Fsp3) is 0.161. The van der Waals surface area contributed by atoms with Crippen LogP contribution in [0.3, 0.4) is 0 Å². The zero-order valence-electron chi connectivity index (χ0n) is 21.5. The van der Waals surface area contributed by atoms with Gasteiger partial charge in [0.25, 0.3) is 0 Å². The number of nitrogens with two attached hydrogens (primary N) is 1. The minimum atomic E-state index is 0.456. The highest BCUT2D eigenvalue weighted by atomic mass is 15.1. The van der Waals surface area contributed by atoms with Crippen molar-refractivity contribution in [1.82, 2.24) is 19.9 Å². The van der Waals surface area contributed by atoms with Gasteiger partial charge in [0.1, 0.15) is 11.6 Å². The molecule has 3 aromatic heterocycles. The molecule has 0 fully saturated rings. The fourth-order valence-electron chi connectivity index (χ4n) is 4.66. The number of aromatic nitrogens is 4. The molecule has 6 aromatic rings. The number of rotatable bonds is 6. The van der Waals surface area contributed by atoms with E-state index < -0.39 is 0 Å². The number of nitrogens with zero attached hydrogens (tertiary/aromatic N) is 3. The van der Waals surface area contributed by atoms with Crippen LogP contribution in [0.2, 0.25) is 0 Å². The number of para-hydroxylation sites is 1. The lowest BCUT2D eigenvalue weighted by molar-refractivity contribution is 0.801. The van der Waals surface area contributed by atoms with E-state index in [0.29, 0.717) is 11.5 Å². The summed E-state index contributed by atoms with van der Waals surface area (Å²) >= 11 is 0. The molecule has 186 valence electrons. The van der Waals surface area contributed by atoms with E-state index in [1.54, 1.807) is 0 Å². The van der Waals surface area contributed by atoms with Gasteiger partial charge >= 0.3 is 0 Å². The molecule has 37 heavy (non-hydrogen) atoms. The Morgan fingerprint density at radius 2 is 1.46 bits per heavy atom. The SMILES string of the molecule is CC.Cc1nc2nc(N)cc(-c3cc4cc(CN(Cc5ccccc5)c5ccccc5)ccc4[nH]3)c2[nH]1. The summed E-state index contributed by atoms with van der Waals surface area (Å²) in [6.07, 6.45) is 0. The van der Waals surface area contributed by atoms with Crippen molar-refractivity contribution >= 4 is 33.6 Å². The molecular weight excluding hydrogens is 456 g/mol. The second-order valence-electron chi connectivity index (χ2n) is 8.90. The van der Waals surface area contributed by atoms with Gasteiger partial charge in [0.05, 0.1) is 5.52 Å². The number of pyridine rings is 1. The van der Waals surface area contributed by atoms with Crippen molar-refractivity contribution in [1.29, 1.82) is 0 Å². The molecule has 4 N–H and O–H groups in total. The summed E-state index contributed by atoms with van der Waals surface area (Å²) in [5.74, 6) is 1.27. The van der Waals surface area contributed by atoms with Gasteiger partial charge in [0, 0.05) is 40.9 Å². The van der Waals surface area contributed by atoms with Crippen LogP contribution in [-0.4, -0.2) is 19.9 Å². The summed E-state index contributed by atoms with van der Waals surface area (Å²) in [7, 11) is 0. The van der Waals surface area contributed by atoms with Crippen molar-refractivity contribution < 1.29 is 0 Å². The molecule has 0 atom stereocenters. The van der Waals surface area contributed by atoms with Gasteiger partial charge in [-0.1, -0.05) is 68.4 Å². The third-order valence-electron chi connectivity index (χ3n) is 6.29. The molecule has 0 saturated carbocycles. The molecule has 6 nitrogen and oxygen atoms in total. The summed E-state index contributed by atoms with van der Waals surface area (Å²) < 4.78 is 0. The Hall–Kier alpha value is -4.58. The smallest absolute Gasteiger partial charge is 0.180 e. The average molecular weight is 489 g/mol. The summed E-state index contributed by atoms with van der Waals surface area (Å²) in [6.45, 7) is 7.57. The lowest BCUT2D eigenvalue weighted by Crippen LogP contribution is -2.21. The Morgan fingerprint density at radius 1 is 0.757 bits per heavy atom. The Balaban J connectivity index is 0.00000137. The first-order valence-corrected chi connectivity index (χ1v) is 12.7. The fourth-order valence-corrected chi connectivity index (χ4v) is 4.66. The maximum Gasteiger partial charge on any atom is 0.180 e. The predicted octanol–water partition coefficient (Wildman–Crippen LogP) is 7.23. The van der Waals surface area contributed by atoms with Crippen LogP contribution in [-0.2, 0) is 13.1 Å². The van der Waals surface area contributed by atoms with Crippen LogP contribution in [0.5, 0.6) is 0 Å². The van der Waals surface area contributed by atoms with E-state index in [0.717, 1.165) is 46.6 Å². The second-order valence-corrected chi connectivity index (χ2v) is 8.90. The number of anilines is 2. The van der Waals surface area contributed by atoms with Crippen LogP contribution < -0.4 is 10.6 Å². The second kappa shape index (κ2) is 10.6. The summed E-state index contributed by atoms with van der Waals surface area (Å²) in [6, 6.07) is 31.8. The van der Waals surface area contributed by atoms with Crippen LogP contribution in [0.1, 0.15) is 30.8 Å². The molecule has 0 aliphatic rings. The standard InChI is InChI=1S/C29H26N6.C2H6/c1-19-31-28-24(16-27(30)34-29(28)32-19)26-15-22-14-21(12-13-25(22)33-26)18-35(23-10-6-3-7-11-23)17-20-8-4-2-5-9-20;1-2/h2-16,33H,17-18H2,1H3,(H3,30,31,32,34);1-2H3. The molecule has 0 aliphatic heterocycles. The Kier molecular flexibility index (Phi) is 6.90. The number of hydrogen-bond acceptors (Lipinski definition) is 4. The van der Waals surface area contributed by atoms with E-state index in [1.807, 2.05) is 26.8 Å². The molecule has 0 spiro atoms. The molecule has 0 amide bonds. The molecule has 0 unspecified atom stereocenters. The number of nitrogens with one attached hydrogen (secondary N) is 2. The maximum absolute atomic E-state index is 6.08. The largest absolute Gasteiger partial charge is 0.384 e. The quantitative estimate of drug-likeness (QED) is 0.231. The third-order valence-corrected chi connectivity index (χ3v) is 6.29. The molecular formula is C31H32N6. The number of aryl methyl sites for hydroxylation is 1. The van der Waals surface area contributed by atoms with Gasteiger partial charge < -0.3 is 20.6 Å². The number of imidazole rings is 1. The van der Waals surface area contributed by atoms with E-state index in [9.17, 15) is 0 Å². The zero-order valence-corrected chi connectivity index (χ0v) is 21.5. The van der Waals surface area contributed by atoms with Gasteiger partial charge in [-0.2, -0.15) is 0 Å². The highest BCUT2D eigenvalue weighted by Crippen LogP contribution is 2.31. The maximum atomic E-state index is 6.08. The minimum Gasteiger partial charge on any atom is -0.384 e. The van der Waals surface area contributed by atoms with Crippen molar-refractivity contribution in [2.24, 2.45) is 0 Å². The van der Waals surface area contributed by atoms with Crippen LogP contribution in [0.15, 0.2) is 91.0 Å². The number of nitrogen functional groups attached to an aromatic ring is 1. The first-order valence-electron chi connectivity index (χ1n) is 12.7. The van der Waals surface area contributed by atoms with Crippen LogP contribution in [0.25, 0.3) is 33.3 Å². The summed E-state index contributed by atoms with van der Waals surface area (Å²) in [4.78, 5) is 18.1. The van der Waals surface area contributed by atoms with Crippen molar-refractivity contribution in [3.63, 3.8) is 0 Å². The molecule has 6 rings (SSSR count). The number of fused-ring (bicyclic) bond motifs is 2. The van der Waals surface area contributed by atoms with Gasteiger partial charge in [-0.3, -0.25) is 0 Å². The molecule has 0 bridgehead atoms. The lowest BCUT2D eigenvalue weighted by Gasteiger charge is -2.25. The van der Waals surface area contributed by atoms with Crippen molar-refractivity contribution in [3.05, 3.63) is 108 Å². The topological polar surface area (TPSA) is 86.6 Å². The normalized spacial score (nSPS) is 10.9. The number of aromatic amines is 2. The Morgan fingerprint density at radius 3 is 2.22 bits per heavy atom. The number of H-pyrrole nitrogens is 2. The zero-order chi connectivity index (χ0) is 25.8. The molecule has 3 aromatic carbocycles. The first kappa shape index (κ1) is 24.1. The molecule has 3 heterocycles. The number of hydrogen-bond donors (Lipinski definition) is 3. The lowest BCUT2D eigenvalue weighted by atomic mass is 10.1. The van der Waals surface area contributed by atoms with Crippen LogP contribution >= 0.6 is 0 Å². The van der Waals surface area contributed by atoms with Crippen molar-refractivity contribution in [2.75, 3.05) is 10.6 Å². The van der Waals surface area contributed by atoms with E-state index in [2.05, 4.69) is 110 Å². The van der Waals surface area contributed by atoms with E-state index in [1.165, 1.54) is 16.8 Å². The van der Waals surface area contributed by atoms with E-state index in [4.69, 9.17) is 5.73 Å². The van der Waals surface area contributed by atoms with Gasteiger partial charge in [0.2, 0.25) is 0 Å². The molecule has 6 heteroatoms. The predicted molar refractivity (Wildman–Crippen MR) is 154 cm³/mol. The minimum absolute atomic E-state index is 0.456. The van der Waals surface area contributed by atoms with Gasteiger partial charge in [-0.15, -0.1) is 0 Å². The molecule has 0 saturated heterocycles.